The van der Waals surface area contributed by atoms with E-state index >= 15 is 0 Å². The van der Waals surface area contributed by atoms with E-state index in [1.807, 2.05) is 0 Å². The van der Waals surface area contributed by atoms with Gasteiger partial charge in [0.15, 0.2) is 5.79 Å². The molecular weight excluding hydrogens is 332 g/mol. The molecular formula is C14H18N6O5. The maximum atomic E-state index is 10.9. The Kier molecular flexibility index (Phi) is 6.05. The first-order valence-corrected chi connectivity index (χ1v) is 7.39. The largest absolute Gasteiger partial charge is 0.497 e. The minimum atomic E-state index is -2.09. The topological polar surface area (TPSA) is 177 Å². The highest BCUT2D eigenvalue weighted by atomic mass is 16.6. The molecule has 0 spiro atoms. The standard InChI is InChI=1S/C14H18N6O5/c1-24-9-4-2-8(3-5-9)6-14(23)13(18-20-16)12(22)11(17-19-15)10(7-21)25-14/h2-5,10-13,21-23H,6-7H2,1H3/t10-,11-,12+,13+,14-/m1/s1. The van der Waals surface area contributed by atoms with Crippen LogP contribution in [0, 0.1) is 0 Å². The molecule has 0 aromatic heterocycles. The summed E-state index contributed by atoms with van der Waals surface area (Å²) >= 11 is 0. The monoisotopic (exact) mass is 350 g/mol. The average molecular weight is 350 g/mol. The van der Waals surface area contributed by atoms with Gasteiger partial charge in [-0.15, -0.1) is 0 Å². The number of methoxy groups -OCH3 is 1. The third-order valence-corrected chi connectivity index (χ3v) is 4.03. The van der Waals surface area contributed by atoms with Crippen molar-refractivity contribution in [3.63, 3.8) is 0 Å². The summed E-state index contributed by atoms with van der Waals surface area (Å²) in [6, 6.07) is 4.06. The second-order valence-electron chi connectivity index (χ2n) is 5.54. The molecule has 25 heavy (non-hydrogen) atoms. The van der Waals surface area contributed by atoms with Crippen LogP contribution in [0.5, 0.6) is 5.75 Å². The molecule has 1 aromatic rings. The van der Waals surface area contributed by atoms with E-state index < -0.39 is 36.7 Å². The summed E-state index contributed by atoms with van der Waals surface area (Å²) in [5.74, 6) is -1.47. The Hall–Kier alpha value is -2.52. The number of azide groups is 2. The van der Waals surface area contributed by atoms with Crippen molar-refractivity contribution in [2.75, 3.05) is 13.7 Å². The smallest absolute Gasteiger partial charge is 0.181 e. The minimum Gasteiger partial charge on any atom is -0.497 e. The fraction of sp³-hybridized carbons (Fsp3) is 0.571. The minimum absolute atomic E-state index is 0.128. The van der Waals surface area contributed by atoms with Crippen LogP contribution in [0.3, 0.4) is 0 Å². The fourth-order valence-corrected chi connectivity index (χ4v) is 2.82. The fourth-order valence-electron chi connectivity index (χ4n) is 2.82. The van der Waals surface area contributed by atoms with Crippen LogP contribution >= 0.6 is 0 Å². The summed E-state index contributed by atoms with van der Waals surface area (Å²) < 4.78 is 10.5. The first kappa shape index (κ1) is 18.8. The Morgan fingerprint density at radius 3 is 2.40 bits per heavy atom. The molecule has 0 saturated carbocycles. The molecule has 1 aliphatic rings. The van der Waals surface area contributed by atoms with Crippen molar-refractivity contribution in [1.82, 2.24) is 0 Å². The van der Waals surface area contributed by atoms with Gasteiger partial charge in [-0.2, -0.15) is 0 Å². The quantitative estimate of drug-likeness (QED) is 0.393. The van der Waals surface area contributed by atoms with Crippen LogP contribution in [0.2, 0.25) is 0 Å². The first-order chi connectivity index (χ1) is 12.0. The van der Waals surface area contributed by atoms with E-state index in [-0.39, 0.29) is 6.42 Å². The van der Waals surface area contributed by atoms with Gasteiger partial charge in [-0.05, 0) is 28.8 Å². The van der Waals surface area contributed by atoms with E-state index in [0.29, 0.717) is 11.3 Å². The maximum absolute atomic E-state index is 10.9. The molecule has 1 fully saturated rings. The SMILES string of the molecule is COc1ccc(C[C@@]2(O)O[C@H](CO)[C@@H](N=[N+]=[N-])[C@H](O)[C@@H]2N=[N+]=[N-])cc1. The molecule has 0 radical (unpaired) electrons. The van der Waals surface area contributed by atoms with Gasteiger partial charge >= 0.3 is 0 Å². The molecule has 11 heteroatoms. The van der Waals surface area contributed by atoms with Crippen LogP contribution in [0.4, 0.5) is 0 Å². The molecule has 11 nitrogen and oxygen atoms in total. The zero-order chi connectivity index (χ0) is 18.4. The molecule has 1 aliphatic heterocycles. The second-order valence-corrected chi connectivity index (χ2v) is 5.54. The van der Waals surface area contributed by atoms with Crippen LogP contribution < -0.4 is 4.74 Å². The number of ether oxygens (including phenoxy) is 2. The number of aliphatic hydroxyl groups is 3. The summed E-state index contributed by atoms with van der Waals surface area (Å²) in [6.45, 7) is -0.603. The van der Waals surface area contributed by atoms with Gasteiger partial charge < -0.3 is 24.8 Å². The predicted molar refractivity (Wildman–Crippen MR) is 85.5 cm³/mol. The normalized spacial score (nSPS) is 31.5. The molecule has 134 valence electrons. The van der Waals surface area contributed by atoms with Crippen molar-refractivity contribution in [2.45, 2.75) is 36.5 Å². The maximum Gasteiger partial charge on any atom is 0.181 e. The first-order valence-electron chi connectivity index (χ1n) is 7.39. The molecule has 3 N–H and O–H groups in total. The van der Waals surface area contributed by atoms with Gasteiger partial charge in [0, 0.05) is 16.2 Å². The van der Waals surface area contributed by atoms with Crippen molar-refractivity contribution in [3.8, 4) is 5.75 Å². The number of hydrogen-bond acceptors (Lipinski definition) is 7. The lowest BCUT2D eigenvalue weighted by molar-refractivity contribution is -0.290. The van der Waals surface area contributed by atoms with Crippen molar-refractivity contribution in [2.24, 2.45) is 10.2 Å². The predicted octanol–water partition coefficient (Wildman–Crippen LogP) is 1.04. The van der Waals surface area contributed by atoms with Gasteiger partial charge in [0.1, 0.15) is 11.8 Å². The zero-order valence-electron chi connectivity index (χ0n) is 13.4. The second kappa shape index (κ2) is 8.04. The van der Waals surface area contributed by atoms with Crippen molar-refractivity contribution in [1.29, 1.82) is 0 Å². The lowest BCUT2D eigenvalue weighted by Gasteiger charge is -2.46. The lowest BCUT2D eigenvalue weighted by Crippen LogP contribution is -2.64. The van der Waals surface area contributed by atoms with Crippen molar-refractivity contribution >= 4 is 0 Å². The summed E-state index contributed by atoms with van der Waals surface area (Å²) in [4.78, 5) is 5.22. The molecule has 0 bridgehead atoms. The summed E-state index contributed by atoms with van der Waals surface area (Å²) in [7, 11) is 1.52. The zero-order valence-corrected chi connectivity index (χ0v) is 13.4. The van der Waals surface area contributed by atoms with Crippen LogP contribution in [-0.4, -0.2) is 59.1 Å². The van der Waals surface area contributed by atoms with E-state index in [9.17, 15) is 15.3 Å². The number of nitrogens with zero attached hydrogens (tertiary/aromatic N) is 6. The Labute approximate surface area is 142 Å². The molecule has 1 heterocycles. The van der Waals surface area contributed by atoms with Crippen LogP contribution in [0.15, 0.2) is 34.5 Å². The van der Waals surface area contributed by atoms with Gasteiger partial charge in [0.25, 0.3) is 0 Å². The molecule has 0 unspecified atom stereocenters. The summed E-state index contributed by atoms with van der Waals surface area (Å²) in [5.41, 5.74) is 18.0. The molecule has 1 saturated heterocycles. The highest BCUT2D eigenvalue weighted by Gasteiger charge is 2.52. The Balaban J connectivity index is 2.36. The Bertz CT molecular complexity index is 687. The average Bonchev–Trinajstić information content (AvgIpc) is 2.61. The number of benzene rings is 1. The van der Waals surface area contributed by atoms with Gasteiger partial charge in [-0.25, -0.2) is 0 Å². The third-order valence-electron chi connectivity index (χ3n) is 4.03. The van der Waals surface area contributed by atoms with Gasteiger partial charge in [0.2, 0.25) is 0 Å². The number of aliphatic hydroxyl groups excluding tert-OH is 2. The highest BCUT2D eigenvalue weighted by molar-refractivity contribution is 5.28. The van der Waals surface area contributed by atoms with E-state index in [2.05, 4.69) is 20.1 Å². The van der Waals surface area contributed by atoms with E-state index in [1.165, 1.54) is 7.11 Å². The molecule has 0 aliphatic carbocycles. The Morgan fingerprint density at radius 2 is 1.88 bits per heavy atom. The summed E-state index contributed by atoms with van der Waals surface area (Å²) in [5, 5.41) is 37.5. The number of hydrogen-bond donors (Lipinski definition) is 3. The Morgan fingerprint density at radius 1 is 1.24 bits per heavy atom. The summed E-state index contributed by atoms with van der Waals surface area (Å²) in [6.07, 6.45) is -2.81. The van der Waals surface area contributed by atoms with Crippen molar-refractivity contribution in [3.05, 3.63) is 50.7 Å². The molecule has 2 rings (SSSR count). The van der Waals surface area contributed by atoms with Gasteiger partial charge in [-0.1, -0.05) is 22.4 Å². The van der Waals surface area contributed by atoms with E-state index in [1.54, 1.807) is 24.3 Å². The lowest BCUT2D eigenvalue weighted by atomic mass is 9.86. The van der Waals surface area contributed by atoms with Gasteiger partial charge in [-0.3, -0.25) is 0 Å². The number of rotatable bonds is 6. The molecule has 5 atom stereocenters. The molecule has 1 aromatic carbocycles. The van der Waals surface area contributed by atoms with E-state index in [0.717, 1.165) is 0 Å². The highest BCUT2D eigenvalue weighted by Crippen LogP contribution is 2.35. The third kappa shape index (κ3) is 3.94. The van der Waals surface area contributed by atoms with Crippen LogP contribution in [0.1, 0.15) is 5.56 Å². The molecule has 0 amide bonds. The van der Waals surface area contributed by atoms with Crippen LogP contribution in [0.25, 0.3) is 20.9 Å². The van der Waals surface area contributed by atoms with Crippen molar-refractivity contribution < 1.29 is 24.8 Å². The van der Waals surface area contributed by atoms with Gasteiger partial charge in [0.05, 0.1) is 32.0 Å². The van der Waals surface area contributed by atoms with E-state index in [4.69, 9.17) is 20.5 Å². The van der Waals surface area contributed by atoms with Crippen LogP contribution in [-0.2, 0) is 11.2 Å².